The molecule has 0 radical (unpaired) electrons. The van der Waals surface area contributed by atoms with E-state index in [2.05, 4.69) is 5.10 Å². The maximum atomic E-state index is 13.2. The third-order valence-corrected chi connectivity index (χ3v) is 4.91. The molecule has 0 saturated carbocycles. The summed E-state index contributed by atoms with van der Waals surface area (Å²) in [6.45, 7) is 10.3. The number of H-pyrrole nitrogens is 1. The van der Waals surface area contributed by atoms with Crippen molar-refractivity contribution in [3.8, 4) is 5.69 Å². The summed E-state index contributed by atoms with van der Waals surface area (Å²) < 4.78 is 1.35. The summed E-state index contributed by atoms with van der Waals surface area (Å²) in [5, 5.41) is 3.57. The zero-order valence-electron chi connectivity index (χ0n) is 18.5. The van der Waals surface area contributed by atoms with Crippen molar-refractivity contribution in [1.29, 1.82) is 0 Å². The van der Waals surface area contributed by atoms with Gasteiger partial charge in [0.05, 0.1) is 12.2 Å². The molecule has 1 heterocycles. The first-order chi connectivity index (χ1) is 14.1. The monoisotopic (exact) mass is 433 g/mol. The summed E-state index contributed by atoms with van der Waals surface area (Å²) in [6, 6.07) is 6.89. The first-order valence-corrected chi connectivity index (χ1v) is 10.9. The normalized spacial score (nSPS) is 11.5. The maximum absolute atomic E-state index is 13.2. The Morgan fingerprint density at radius 1 is 1.17 bits per heavy atom. The second-order valence-corrected chi connectivity index (χ2v) is 9.25. The molecule has 2 rings (SSSR count). The van der Waals surface area contributed by atoms with Gasteiger partial charge < -0.3 is 4.90 Å². The number of Topliss-reactive ketones (excluding diaryl/α,β-unsaturated/α-hetero) is 1. The van der Waals surface area contributed by atoms with Gasteiger partial charge in [0.1, 0.15) is 5.56 Å². The molecule has 6 nitrogen and oxygen atoms in total. The van der Waals surface area contributed by atoms with Gasteiger partial charge in [-0.15, -0.1) is 0 Å². The number of hydrogen-bond donors (Lipinski definition) is 1. The smallest absolute Gasteiger partial charge is 0.282 e. The number of hydrogen-bond acceptors (Lipinski definition) is 3. The third-order valence-electron chi connectivity index (χ3n) is 4.67. The number of nitrogens with zero attached hydrogens (tertiary/aromatic N) is 2. The van der Waals surface area contributed by atoms with Gasteiger partial charge in [0.2, 0.25) is 5.91 Å². The van der Waals surface area contributed by atoms with E-state index in [0.29, 0.717) is 35.8 Å². The molecule has 0 aliphatic heterocycles. The van der Waals surface area contributed by atoms with E-state index in [-0.39, 0.29) is 29.2 Å². The Morgan fingerprint density at radius 2 is 1.87 bits per heavy atom. The van der Waals surface area contributed by atoms with E-state index in [9.17, 15) is 14.4 Å². The summed E-state index contributed by atoms with van der Waals surface area (Å²) in [5.74, 6) is -0.406. The lowest BCUT2D eigenvalue weighted by molar-refractivity contribution is -0.132. The molecular formula is C23H32ClN3O3. The predicted molar refractivity (Wildman–Crippen MR) is 121 cm³/mol. The van der Waals surface area contributed by atoms with Crippen LogP contribution in [-0.4, -0.2) is 39.5 Å². The van der Waals surface area contributed by atoms with E-state index in [4.69, 9.17) is 11.6 Å². The molecule has 30 heavy (non-hydrogen) atoms. The summed E-state index contributed by atoms with van der Waals surface area (Å²) in [5.41, 5.74) is 0.699. The molecule has 1 amide bonds. The Hall–Kier alpha value is -2.34. The molecule has 0 unspecified atom stereocenters. The molecule has 7 heteroatoms. The van der Waals surface area contributed by atoms with Crippen molar-refractivity contribution in [2.45, 2.75) is 60.3 Å². The van der Waals surface area contributed by atoms with Crippen molar-refractivity contribution < 1.29 is 9.59 Å². The van der Waals surface area contributed by atoms with Gasteiger partial charge in [0.15, 0.2) is 5.78 Å². The number of aromatic nitrogens is 2. The number of ketones is 1. The van der Waals surface area contributed by atoms with Crippen molar-refractivity contribution >= 4 is 23.3 Å². The Labute approximate surface area is 183 Å². The van der Waals surface area contributed by atoms with Crippen LogP contribution in [0.25, 0.3) is 5.69 Å². The summed E-state index contributed by atoms with van der Waals surface area (Å²) in [7, 11) is 0. The Bertz CT molecular complexity index is 953. The molecule has 1 aromatic carbocycles. The number of amides is 1. The number of aryl methyl sites for hydroxylation is 1. The van der Waals surface area contributed by atoms with Gasteiger partial charge >= 0.3 is 0 Å². The second kappa shape index (κ2) is 10.1. The molecule has 0 aliphatic carbocycles. The molecule has 1 N–H and O–H groups in total. The molecule has 0 bridgehead atoms. The van der Waals surface area contributed by atoms with E-state index in [0.717, 1.165) is 12.8 Å². The number of halogens is 1. The van der Waals surface area contributed by atoms with Crippen molar-refractivity contribution in [3.63, 3.8) is 0 Å². The average molecular weight is 434 g/mol. The predicted octanol–water partition coefficient (Wildman–Crippen LogP) is 4.63. The quantitative estimate of drug-likeness (QED) is 0.586. The van der Waals surface area contributed by atoms with Crippen molar-refractivity contribution in [2.75, 3.05) is 13.1 Å². The average Bonchev–Trinajstić information content (AvgIpc) is 2.96. The first-order valence-electron chi connectivity index (χ1n) is 10.5. The zero-order valence-corrected chi connectivity index (χ0v) is 19.3. The second-order valence-electron chi connectivity index (χ2n) is 8.81. The van der Waals surface area contributed by atoms with Gasteiger partial charge in [-0.1, -0.05) is 58.7 Å². The highest BCUT2D eigenvalue weighted by Crippen LogP contribution is 2.20. The fraction of sp³-hybridized carbons (Fsp3) is 0.522. The van der Waals surface area contributed by atoms with E-state index >= 15 is 0 Å². The largest absolute Gasteiger partial charge is 0.335 e. The standard InChI is InChI=1S/C23H32ClN3O3/c1-6-9-18-21(22(30)27(25-18)17-11-8-10-16(24)13-17)19(28)15-26(12-7-2)20(29)14-23(3,4)5/h8,10-11,13,25H,6-7,9,12,14-15H2,1-5H3. The highest BCUT2D eigenvalue weighted by molar-refractivity contribution is 6.30. The van der Waals surface area contributed by atoms with Crippen LogP contribution in [0, 0.1) is 5.41 Å². The Kier molecular flexibility index (Phi) is 8.07. The SMILES string of the molecule is CCCc1[nH]n(-c2cccc(Cl)c2)c(=O)c1C(=O)CN(CCC)C(=O)CC(C)(C)C. The van der Waals surface area contributed by atoms with Gasteiger partial charge in [0.25, 0.3) is 5.56 Å². The van der Waals surface area contributed by atoms with Gasteiger partial charge in [0, 0.05) is 23.7 Å². The lowest BCUT2D eigenvalue weighted by Gasteiger charge is -2.25. The first kappa shape index (κ1) is 23.9. The van der Waals surface area contributed by atoms with Crippen LogP contribution in [-0.2, 0) is 11.2 Å². The minimum Gasteiger partial charge on any atom is -0.335 e. The Balaban J connectivity index is 2.39. The molecule has 0 aliphatic rings. The van der Waals surface area contributed by atoms with Crippen LogP contribution in [0.3, 0.4) is 0 Å². The lowest BCUT2D eigenvalue weighted by Crippen LogP contribution is -2.39. The van der Waals surface area contributed by atoms with Crippen LogP contribution in [0.4, 0.5) is 0 Å². The molecule has 164 valence electrons. The van der Waals surface area contributed by atoms with Crippen LogP contribution in [0.2, 0.25) is 5.02 Å². The summed E-state index contributed by atoms with van der Waals surface area (Å²) >= 11 is 6.07. The van der Waals surface area contributed by atoms with Crippen LogP contribution < -0.4 is 5.56 Å². The number of benzene rings is 1. The minimum absolute atomic E-state index is 0.0690. The fourth-order valence-electron chi connectivity index (χ4n) is 3.38. The molecule has 0 fully saturated rings. The number of aromatic amines is 1. The van der Waals surface area contributed by atoms with E-state index in [1.807, 2.05) is 34.6 Å². The van der Waals surface area contributed by atoms with Crippen molar-refractivity contribution in [1.82, 2.24) is 14.7 Å². The van der Waals surface area contributed by atoms with Gasteiger partial charge in [-0.25, -0.2) is 4.68 Å². The molecule has 0 atom stereocenters. The number of rotatable bonds is 9. The lowest BCUT2D eigenvalue weighted by atomic mass is 9.91. The van der Waals surface area contributed by atoms with E-state index in [1.54, 1.807) is 29.2 Å². The topological polar surface area (TPSA) is 75.2 Å². The van der Waals surface area contributed by atoms with E-state index < -0.39 is 5.56 Å². The highest BCUT2D eigenvalue weighted by Gasteiger charge is 2.27. The zero-order chi connectivity index (χ0) is 22.5. The highest BCUT2D eigenvalue weighted by atomic mass is 35.5. The van der Waals surface area contributed by atoms with Crippen LogP contribution >= 0.6 is 11.6 Å². The van der Waals surface area contributed by atoms with Gasteiger partial charge in [-0.3, -0.25) is 19.5 Å². The van der Waals surface area contributed by atoms with Crippen LogP contribution in [0.15, 0.2) is 29.1 Å². The molecule has 1 aromatic heterocycles. The van der Waals surface area contributed by atoms with Gasteiger partial charge in [-0.2, -0.15) is 0 Å². The summed E-state index contributed by atoms with van der Waals surface area (Å²) in [6.07, 6.45) is 2.43. The van der Waals surface area contributed by atoms with Crippen LogP contribution in [0.5, 0.6) is 0 Å². The van der Waals surface area contributed by atoms with Crippen LogP contribution in [0.1, 0.15) is 69.9 Å². The van der Waals surface area contributed by atoms with E-state index in [1.165, 1.54) is 4.68 Å². The third kappa shape index (κ3) is 6.08. The number of carbonyl (C=O) groups excluding carboxylic acids is 2. The Morgan fingerprint density at radius 3 is 2.43 bits per heavy atom. The fourth-order valence-corrected chi connectivity index (χ4v) is 3.56. The van der Waals surface area contributed by atoms with Crippen molar-refractivity contribution in [3.05, 3.63) is 50.9 Å². The number of nitrogens with one attached hydrogen (secondary N) is 1. The molecule has 2 aromatic rings. The molecule has 0 saturated heterocycles. The van der Waals surface area contributed by atoms with Gasteiger partial charge in [-0.05, 0) is 36.5 Å². The number of carbonyl (C=O) groups is 2. The molecular weight excluding hydrogens is 402 g/mol. The molecule has 0 spiro atoms. The maximum Gasteiger partial charge on any atom is 0.282 e. The van der Waals surface area contributed by atoms with Crippen molar-refractivity contribution in [2.24, 2.45) is 5.41 Å². The summed E-state index contributed by atoms with van der Waals surface area (Å²) in [4.78, 5) is 40.6. The minimum atomic E-state index is -0.412.